The van der Waals surface area contributed by atoms with E-state index in [9.17, 15) is 9.90 Å². The number of hydrogen-bond donors (Lipinski definition) is 1. The van der Waals surface area contributed by atoms with Gasteiger partial charge in [0.05, 0.1) is 0 Å². The van der Waals surface area contributed by atoms with Crippen molar-refractivity contribution in [3.63, 3.8) is 0 Å². The summed E-state index contributed by atoms with van der Waals surface area (Å²) in [5, 5.41) is 9.55. The Labute approximate surface area is 197 Å². The SMILES string of the molecule is CSc1cc2oc(-c3cccc(-c4ccccc4)c3C)nc2cc1CN1CCC[C@H]1C(=O)O. The Morgan fingerprint density at radius 3 is 2.70 bits per heavy atom. The van der Waals surface area contributed by atoms with Gasteiger partial charge in [-0.25, -0.2) is 4.98 Å². The van der Waals surface area contributed by atoms with Crippen LogP contribution >= 0.6 is 11.8 Å². The monoisotopic (exact) mass is 458 g/mol. The number of aliphatic carboxylic acids is 1. The number of nitrogens with zero attached hydrogens (tertiary/aromatic N) is 2. The molecule has 0 saturated carbocycles. The highest BCUT2D eigenvalue weighted by molar-refractivity contribution is 7.98. The van der Waals surface area contributed by atoms with Crippen LogP contribution in [-0.4, -0.2) is 39.8 Å². The molecule has 0 bridgehead atoms. The van der Waals surface area contributed by atoms with Crippen molar-refractivity contribution >= 4 is 28.8 Å². The maximum Gasteiger partial charge on any atom is 0.320 e. The first-order valence-corrected chi connectivity index (χ1v) is 12.4. The van der Waals surface area contributed by atoms with Gasteiger partial charge in [0.15, 0.2) is 5.58 Å². The van der Waals surface area contributed by atoms with Gasteiger partial charge in [0.25, 0.3) is 0 Å². The highest BCUT2D eigenvalue weighted by Gasteiger charge is 2.31. The molecule has 5 nitrogen and oxygen atoms in total. The molecule has 1 atom stereocenters. The van der Waals surface area contributed by atoms with Gasteiger partial charge in [-0.05, 0) is 73.0 Å². The number of aromatic nitrogens is 1. The average Bonchev–Trinajstić information content (AvgIpc) is 3.46. The summed E-state index contributed by atoms with van der Waals surface area (Å²) in [6, 6.07) is 20.2. The lowest BCUT2D eigenvalue weighted by molar-refractivity contribution is -0.142. The van der Waals surface area contributed by atoms with Crippen LogP contribution in [0.3, 0.4) is 0 Å². The molecule has 1 aliphatic rings. The Bertz CT molecular complexity index is 1320. The number of carbonyl (C=O) groups is 1. The molecule has 3 aromatic carbocycles. The zero-order valence-electron chi connectivity index (χ0n) is 18.7. The van der Waals surface area contributed by atoms with E-state index in [1.165, 1.54) is 5.56 Å². The second kappa shape index (κ2) is 9.04. The average molecular weight is 459 g/mol. The highest BCUT2D eigenvalue weighted by atomic mass is 32.2. The van der Waals surface area contributed by atoms with E-state index in [2.05, 4.69) is 36.1 Å². The summed E-state index contributed by atoms with van der Waals surface area (Å²) in [6.45, 7) is 3.51. The molecule has 1 saturated heterocycles. The van der Waals surface area contributed by atoms with Crippen LogP contribution in [0.1, 0.15) is 24.0 Å². The number of rotatable bonds is 6. The van der Waals surface area contributed by atoms with Gasteiger partial charge < -0.3 is 9.52 Å². The third-order valence-electron chi connectivity index (χ3n) is 6.46. The standard InChI is InChI=1S/C27H26N2O3S/c1-17-20(18-8-4-3-5-9-18)10-6-11-21(17)26-28-22-14-19(25(33-2)15-24(22)32-26)16-29-13-7-12-23(29)27(30)31/h3-6,8-11,14-15,23H,7,12-13,16H2,1-2H3,(H,30,31)/t23-/m0/s1. The molecule has 168 valence electrons. The molecule has 2 heterocycles. The minimum Gasteiger partial charge on any atom is -0.480 e. The van der Waals surface area contributed by atoms with Crippen LogP contribution in [0, 0.1) is 6.92 Å². The van der Waals surface area contributed by atoms with E-state index in [1.807, 2.05) is 42.7 Å². The zero-order valence-corrected chi connectivity index (χ0v) is 19.6. The van der Waals surface area contributed by atoms with Gasteiger partial charge in [-0.15, -0.1) is 11.8 Å². The fourth-order valence-electron chi connectivity index (χ4n) is 4.74. The molecule has 1 fully saturated rings. The van der Waals surface area contributed by atoms with Crippen LogP contribution in [0.25, 0.3) is 33.7 Å². The van der Waals surface area contributed by atoms with E-state index in [0.29, 0.717) is 18.9 Å². The number of thioether (sulfide) groups is 1. The van der Waals surface area contributed by atoms with Gasteiger partial charge >= 0.3 is 5.97 Å². The Balaban J connectivity index is 1.53. The summed E-state index contributed by atoms with van der Waals surface area (Å²) in [4.78, 5) is 19.6. The van der Waals surface area contributed by atoms with Crippen LogP contribution in [0.4, 0.5) is 0 Å². The summed E-state index contributed by atoms with van der Waals surface area (Å²) < 4.78 is 6.22. The fraction of sp³-hybridized carbons (Fsp3) is 0.259. The number of hydrogen-bond acceptors (Lipinski definition) is 5. The summed E-state index contributed by atoms with van der Waals surface area (Å²) in [6.07, 6.45) is 3.66. The number of carboxylic acids is 1. The van der Waals surface area contributed by atoms with Crippen LogP contribution in [0.15, 0.2) is 70.0 Å². The Kier molecular flexibility index (Phi) is 5.96. The van der Waals surface area contributed by atoms with Crippen molar-refractivity contribution in [3.05, 3.63) is 71.8 Å². The molecule has 6 heteroatoms. The van der Waals surface area contributed by atoms with Gasteiger partial charge in [0.1, 0.15) is 11.6 Å². The fourth-order valence-corrected chi connectivity index (χ4v) is 5.35. The lowest BCUT2D eigenvalue weighted by atomic mass is 9.96. The summed E-state index contributed by atoms with van der Waals surface area (Å²) in [5.74, 6) is -0.133. The molecule has 0 radical (unpaired) electrons. The normalized spacial score (nSPS) is 16.5. The van der Waals surface area contributed by atoms with Gasteiger partial charge in [-0.1, -0.05) is 42.5 Å². The first-order valence-electron chi connectivity index (χ1n) is 11.1. The zero-order chi connectivity index (χ0) is 22.9. The maximum absolute atomic E-state index is 11.6. The Morgan fingerprint density at radius 1 is 1.15 bits per heavy atom. The largest absolute Gasteiger partial charge is 0.480 e. The van der Waals surface area contributed by atoms with Crippen LogP contribution in [-0.2, 0) is 11.3 Å². The number of oxazole rings is 1. The van der Waals surface area contributed by atoms with Crippen molar-refractivity contribution in [2.45, 2.75) is 37.2 Å². The Morgan fingerprint density at radius 2 is 1.94 bits per heavy atom. The van der Waals surface area contributed by atoms with Crippen molar-refractivity contribution in [2.75, 3.05) is 12.8 Å². The van der Waals surface area contributed by atoms with Crippen molar-refractivity contribution in [1.82, 2.24) is 9.88 Å². The lowest BCUT2D eigenvalue weighted by Gasteiger charge is -2.22. The molecule has 0 aliphatic carbocycles. The first kappa shape index (κ1) is 21.7. The molecule has 4 aromatic rings. The molecule has 1 aromatic heterocycles. The van der Waals surface area contributed by atoms with E-state index >= 15 is 0 Å². The van der Waals surface area contributed by atoms with Gasteiger partial charge in [-0.2, -0.15) is 0 Å². The van der Waals surface area contributed by atoms with Crippen molar-refractivity contribution < 1.29 is 14.3 Å². The van der Waals surface area contributed by atoms with E-state index in [4.69, 9.17) is 9.40 Å². The molecule has 33 heavy (non-hydrogen) atoms. The van der Waals surface area contributed by atoms with E-state index in [1.54, 1.807) is 11.8 Å². The predicted molar refractivity (Wildman–Crippen MR) is 132 cm³/mol. The quantitative estimate of drug-likeness (QED) is 0.345. The van der Waals surface area contributed by atoms with Gasteiger partial charge in [0, 0.05) is 17.0 Å². The highest BCUT2D eigenvalue weighted by Crippen LogP contribution is 2.35. The lowest BCUT2D eigenvalue weighted by Crippen LogP contribution is -2.35. The summed E-state index contributed by atoms with van der Waals surface area (Å²) >= 11 is 1.65. The maximum atomic E-state index is 11.6. The first-order chi connectivity index (χ1) is 16.0. The summed E-state index contributed by atoms with van der Waals surface area (Å²) in [7, 11) is 0. The van der Waals surface area contributed by atoms with E-state index in [0.717, 1.165) is 51.2 Å². The molecule has 0 spiro atoms. The topological polar surface area (TPSA) is 66.6 Å². The number of fused-ring (bicyclic) bond motifs is 1. The van der Waals surface area contributed by atoms with Gasteiger partial charge in [-0.3, -0.25) is 9.69 Å². The molecule has 0 unspecified atom stereocenters. The van der Waals surface area contributed by atoms with Crippen LogP contribution in [0.2, 0.25) is 0 Å². The van der Waals surface area contributed by atoms with Crippen molar-refractivity contribution in [2.24, 2.45) is 0 Å². The number of benzene rings is 3. The second-order valence-electron chi connectivity index (χ2n) is 8.46. The molecular weight excluding hydrogens is 432 g/mol. The molecule has 1 aliphatic heterocycles. The van der Waals surface area contributed by atoms with Crippen LogP contribution in [0.5, 0.6) is 0 Å². The third kappa shape index (κ3) is 4.16. The number of likely N-dealkylation sites (tertiary alicyclic amines) is 1. The molecular formula is C27H26N2O3S. The molecule has 0 amide bonds. The van der Waals surface area contributed by atoms with Crippen LogP contribution < -0.4 is 0 Å². The minimum absolute atomic E-state index is 0.411. The smallest absolute Gasteiger partial charge is 0.320 e. The Hall–Kier alpha value is -3.09. The third-order valence-corrected chi connectivity index (χ3v) is 7.28. The second-order valence-corrected chi connectivity index (χ2v) is 9.31. The molecule has 5 rings (SSSR count). The summed E-state index contributed by atoms with van der Waals surface area (Å²) in [5.41, 5.74) is 7.07. The minimum atomic E-state index is -0.739. The van der Waals surface area contributed by atoms with Gasteiger partial charge in [0.2, 0.25) is 5.89 Å². The molecule has 1 N–H and O–H groups in total. The van der Waals surface area contributed by atoms with Crippen molar-refractivity contribution in [3.8, 4) is 22.6 Å². The van der Waals surface area contributed by atoms with E-state index in [-0.39, 0.29) is 0 Å². The predicted octanol–water partition coefficient (Wildman–Crippen LogP) is 6.24. The number of carboxylic acid groups (broad SMARTS) is 1. The van der Waals surface area contributed by atoms with Crippen molar-refractivity contribution in [1.29, 1.82) is 0 Å². The van der Waals surface area contributed by atoms with E-state index < -0.39 is 12.0 Å².